The number of rotatable bonds is 2. The molecule has 18 heavy (non-hydrogen) atoms. The minimum absolute atomic E-state index is 0.139. The topological polar surface area (TPSA) is 32.7 Å². The molecule has 0 saturated carbocycles. The van der Waals surface area contributed by atoms with Gasteiger partial charge in [0.05, 0.1) is 18.3 Å². The van der Waals surface area contributed by atoms with Gasteiger partial charge in [-0.2, -0.15) is 0 Å². The van der Waals surface area contributed by atoms with Gasteiger partial charge in [-0.3, -0.25) is 0 Å². The minimum Gasteiger partial charge on any atom is -0.389 e. The summed E-state index contributed by atoms with van der Waals surface area (Å²) in [5.41, 5.74) is 1.53. The summed E-state index contributed by atoms with van der Waals surface area (Å²) in [5.74, 6) is -0.316. The van der Waals surface area contributed by atoms with Crippen LogP contribution in [0.1, 0.15) is 32.4 Å². The number of anilines is 1. The van der Waals surface area contributed by atoms with Gasteiger partial charge in [0.2, 0.25) is 0 Å². The largest absolute Gasteiger partial charge is 0.389 e. The van der Waals surface area contributed by atoms with Crippen molar-refractivity contribution >= 4 is 5.69 Å². The summed E-state index contributed by atoms with van der Waals surface area (Å²) in [6.07, 6.45) is -0.398. The van der Waals surface area contributed by atoms with Crippen LogP contribution in [-0.4, -0.2) is 30.4 Å². The van der Waals surface area contributed by atoms with E-state index in [1.54, 1.807) is 13.0 Å². The number of ether oxygens (including phenoxy) is 1. The standard InChI is InChI=1S/C14H20FNO2/c1-9-7-16(8-10(2)18-9)14-5-4-12(15)6-13(14)11(3)17/h4-6,9-11,17H,7-8H2,1-3H3. The Labute approximate surface area is 107 Å². The van der Waals surface area contributed by atoms with Gasteiger partial charge >= 0.3 is 0 Å². The number of aliphatic hydroxyl groups is 1. The molecule has 4 heteroatoms. The number of nitrogens with zero attached hydrogens (tertiary/aromatic N) is 1. The summed E-state index contributed by atoms with van der Waals surface area (Å²) in [5, 5.41) is 9.77. The Morgan fingerprint density at radius 2 is 1.94 bits per heavy atom. The minimum atomic E-state index is -0.677. The van der Waals surface area contributed by atoms with Gasteiger partial charge in [-0.1, -0.05) is 0 Å². The first-order chi connectivity index (χ1) is 8.47. The fourth-order valence-corrected chi connectivity index (χ4v) is 2.52. The molecular formula is C14H20FNO2. The third-order valence-corrected chi connectivity index (χ3v) is 3.20. The molecule has 1 aliphatic rings. The lowest BCUT2D eigenvalue weighted by Gasteiger charge is -2.38. The van der Waals surface area contributed by atoms with Crippen LogP contribution in [0.25, 0.3) is 0 Å². The van der Waals surface area contributed by atoms with Crippen molar-refractivity contribution in [2.24, 2.45) is 0 Å². The number of benzene rings is 1. The van der Waals surface area contributed by atoms with E-state index in [0.717, 1.165) is 18.8 Å². The van der Waals surface area contributed by atoms with Crippen LogP contribution < -0.4 is 4.90 Å². The molecule has 100 valence electrons. The second-order valence-electron chi connectivity index (χ2n) is 5.04. The van der Waals surface area contributed by atoms with E-state index in [-0.39, 0.29) is 18.0 Å². The molecule has 3 unspecified atom stereocenters. The molecule has 0 aliphatic carbocycles. The number of aliphatic hydroxyl groups excluding tert-OH is 1. The van der Waals surface area contributed by atoms with E-state index >= 15 is 0 Å². The summed E-state index contributed by atoms with van der Waals surface area (Å²) in [4.78, 5) is 2.15. The third-order valence-electron chi connectivity index (χ3n) is 3.20. The molecule has 0 bridgehead atoms. The molecule has 3 atom stereocenters. The van der Waals surface area contributed by atoms with E-state index in [1.165, 1.54) is 12.1 Å². The molecule has 0 spiro atoms. The summed E-state index contributed by atoms with van der Waals surface area (Å²) in [7, 11) is 0. The Morgan fingerprint density at radius 3 is 2.50 bits per heavy atom. The van der Waals surface area contributed by atoms with Crippen molar-refractivity contribution in [1.29, 1.82) is 0 Å². The normalized spacial score (nSPS) is 26.2. The van der Waals surface area contributed by atoms with Crippen LogP contribution in [0.15, 0.2) is 18.2 Å². The van der Waals surface area contributed by atoms with Crippen molar-refractivity contribution in [2.45, 2.75) is 39.1 Å². The molecule has 1 aliphatic heterocycles. The van der Waals surface area contributed by atoms with E-state index in [1.807, 2.05) is 13.8 Å². The second-order valence-corrected chi connectivity index (χ2v) is 5.04. The van der Waals surface area contributed by atoms with E-state index in [9.17, 15) is 9.50 Å². The average Bonchev–Trinajstić information content (AvgIpc) is 2.27. The summed E-state index contributed by atoms with van der Waals surface area (Å²) < 4.78 is 19.0. The van der Waals surface area contributed by atoms with E-state index in [0.29, 0.717) is 5.56 Å². The Hall–Kier alpha value is -1.13. The molecule has 2 rings (SSSR count). The number of halogens is 1. The van der Waals surface area contributed by atoms with Crippen molar-refractivity contribution in [3.63, 3.8) is 0 Å². The van der Waals surface area contributed by atoms with Gasteiger partial charge in [-0.25, -0.2) is 4.39 Å². The molecule has 1 aromatic rings. The summed E-state index contributed by atoms with van der Waals surface area (Å²) in [6.45, 7) is 7.22. The average molecular weight is 253 g/mol. The monoisotopic (exact) mass is 253 g/mol. The zero-order valence-corrected chi connectivity index (χ0v) is 11.1. The lowest BCUT2D eigenvalue weighted by Crippen LogP contribution is -2.45. The van der Waals surface area contributed by atoms with Crippen LogP contribution in [0.2, 0.25) is 0 Å². The molecular weight excluding hydrogens is 233 g/mol. The number of morpholine rings is 1. The maximum Gasteiger partial charge on any atom is 0.123 e. The molecule has 3 nitrogen and oxygen atoms in total. The Balaban J connectivity index is 2.32. The maximum absolute atomic E-state index is 13.3. The van der Waals surface area contributed by atoms with Gasteiger partial charge in [0.15, 0.2) is 0 Å². The Morgan fingerprint density at radius 1 is 1.33 bits per heavy atom. The predicted octanol–water partition coefficient (Wildman–Crippen LogP) is 2.49. The Kier molecular flexibility index (Phi) is 3.88. The highest BCUT2D eigenvalue weighted by atomic mass is 19.1. The van der Waals surface area contributed by atoms with Crippen LogP contribution in [0.4, 0.5) is 10.1 Å². The lowest BCUT2D eigenvalue weighted by atomic mass is 10.1. The molecule has 1 aromatic carbocycles. The fraction of sp³-hybridized carbons (Fsp3) is 0.571. The van der Waals surface area contributed by atoms with Gasteiger partial charge in [-0.05, 0) is 39.0 Å². The highest BCUT2D eigenvalue weighted by Crippen LogP contribution is 2.29. The molecule has 1 fully saturated rings. The van der Waals surface area contributed by atoms with E-state index < -0.39 is 6.10 Å². The quantitative estimate of drug-likeness (QED) is 0.879. The van der Waals surface area contributed by atoms with Crippen LogP contribution in [0.3, 0.4) is 0 Å². The summed E-state index contributed by atoms with van der Waals surface area (Å²) in [6, 6.07) is 4.58. The van der Waals surface area contributed by atoms with Gasteiger partial charge in [0.1, 0.15) is 5.82 Å². The van der Waals surface area contributed by atoms with Crippen molar-refractivity contribution in [1.82, 2.24) is 0 Å². The van der Waals surface area contributed by atoms with Gasteiger partial charge in [0.25, 0.3) is 0 Å². The second kappa shape index (κ2) is 5.24. The predicted molar refractivity (Wildman–Crippen MR) is 69.3 cm³/mol. The summed E-state index contributed by atoms with van der Waals surface area (Å²) >= 11 is 0. The molecule has 1 heterocycles. The maximum atomic E-state index is 13.3. The molecule has 0 aromatic heterocycles. The first-order valence-corrected chi connectivity index (χ1v) is 6.35. The zero-order valence-electron chi connectivity index (χ0n) is 11.1. The Bertz CT molecular complexity index is 412. The molecule has 1 N–H and O–H groups in total. The van der Waals surface area contributed by atoms with E-state index in [4.69, 9.17) is 4.74 Å². The van der Waals surface area contributed by atoms with E-state index in [2.05, 4.69) is 4.90 Å². The number of hydrogen-bond acceptors (Lipinski definition) is 3. The van der Waals surface area contributed by atoms with Gasteiger partial charge in [-0.15, -0.1) is 0 Å². The first kappa shape index (κ1) is 13.3. The number of hydrogen-bond donors (Lipinski definition) is 1. The van der Waals surface area contributed by atoms with Crippen LogP contribution in [0, 0.1) is 5.82 Å². The van der Waals surface area contributed by atoms with Crippen molar-refractivity contribution in [2.75, 3.05) is 18.0 Å². The molecule has 0 amide bonds. The highest BCUT2D eigenvalue weighted by molar-refractivity contribution is 5.55. The first-order valence-electron chi connectivity index (χ1n) is 6.35. The van der Waals surface area contributed by atoms with Crippen molar-refractivity contribution in [3.8, 4) is 0 Å². The van der Waals surface area contributed by atoms with Crippen LogP contribution in [-0.2, 0) is 4.74 Å². The van der Waals surface area contributed by atoms with Crippen molar-refractivity contribution < 1.29 is 14.2 Å². The SMILES string of the molecule is CC1CN(c2ccc(F)cc2C(C)O)CC(C)O1. The molecule has 1 saturated heterocycles. The molecule has 0 radical (unpaired) electrons. The third kappa shape index (κ3) is 2.82. The lowest BCUT2D eigenvalue weighted by molar-refractivity contribution is -0.00538. The fourth-order valence-electron chi connectivity index (χ4n) is 2.52. The smallest absolute Gasteiger partial charge is 0.123 e. The van der Waals surface area contributed by atoms with Crippen LogP contribution >= 0.6 is 0 Å². The van der Waals surface area contributed by atoms with Crippen molar-refractivity contribution in [3.05, 3.63) is 29.6 Å². The zero-order chi connectivity index (χ0) is 13.3. The van der Waals surface area contributed by atoms with Gasteiger partial charge < -0.3 is 14.7 Å². The van der Waals surface area contributed by atoms with Gasteiger partial charge in [0, 0.05) is 24.3 Å². The highest BCUT2D eigenvalue weighted by Gasteiger charge is 2.24. The van der Waals surface area contributed by atoms with Crippen LogP contribution in [0.5, 0.6) is 0 Å².